The van der Waals surface area contributed by atoms with E-state index in [0.29, 0.717) is 17.9 Å². The number of rotatable bonds is 4. The van der Waals surface area contributed by atoms with Gasteiger partial charge in [0, 0.05) is 0 Å². The fourth-order valence-electron chi connectivity index (χ4n) is 2.48. The number of benzene rings is 2. The van der Waals surface area contributed by atoms with Crippen molar-refractivity contribution in [3.8, 4) is 11.1 Å². The predicted molar refractivity (Wildman–Crippen MR) is 87.9 cm³/mol. The zero-order valence-electron chi connectivity index (χ0n) is 12.2. The quantitative estimate of drug-likeness (QED) is 0.780. The van der Waals surface area contributed by atoms with Crippen molar-refractivity contribution in [2.45, 2.75) is 12.8 Å². The highest BCUT2D eigenvalue weighted by molar-refractivity contribution is 5.63. The first kappa shape index (κ1) is 14.3. The summed E-state index contributed by atoms with van der Waals surface area (Å²) in [6.45, 7) is 0. The number of nitrogens with zero attached hydrogens (tertiary/aromatic N) is 1. The zero-order chi connectivity index (χ0) is 15.4. The van der Waals surface area contributed by atoms with Gasteiger partial charge in [-0.3, -0.25) is 0 Å². The number of hydrogen-bond acceptors (Lipinski definition) is 2. The van der Waals surface area contributed by atoms with E-state index in [1.165, 1.54) is 23.3 Å². The number of anilines is 1. The highest BCUT2D eigenvalue weighted by Gasteiger charge is 2.06. The maximum absolute atomic E-state index is 13.7. The van der Waals surface area contributed by atoms with E-state index in [-0.39, 0.29) is 5.82 Å². The Balaban J connectivity index is 1.77. The molecule has 0 fully saturated rings. The Morgan fingerprint density at radius 3 is 2.41 bits per heavy atom. The predicted octanol–water partition coefficient (Wildman–Crippen LogP) is 4.26. The molecular formula is C19H17FN2. The molecule has 0 atom stereocenters. The third-order valence-corrected chi connectivity index (χ3v) is 3.62. The van der Waals surface area contributed by atoms with Crippen LogP contribution in [0.25, 0.3) is 11.1 Å². The van der Waals surface area contributed by atoms with Crippen LogP contribution in [0, 0.1) is 5.82 Å². The molecule has 2 aromatic carbocycles. The Labute approximate surface area is 129 Å². The van der Waals surface area contributed by atoms with Crippen LogP contribution in [0.2, 0.25) is 0 Å². The third-order valence-electron chi connectivity index (χ3n) is 3.62. The lowest BCUT2D eigenvalue weighted by molar-refractivity contribution is 0.598. The van der Waals surface area contributed by atoms with E-state index in [9.17, 15) is 4.39 Å². The topological polar surface area (TPSA) is 38.9 Å². The number of hydrogen-bond donors (Lipinski definition) is 1. The lowest BCUT2D eigenvalue weighted by Gasteiger charge is -2.07. The van der Waals surface area contributed by atoms with Gasteiger partial charge in [0.15, 0.2) is 0 Å². The van der Waals surface area contributed by atoms with Crippen molar-refractivity contribution in [3.05, 3.63) is 83.8 Å². The van der Waals surface area contributed by atoms with Crippen LogP contribution in [0.4, 0.5) is 10.2 Å². The average molecular weight is 292 g/mol. The molecule has 0 saturated carbocycles. The third kappa shape index (κ3) is 3.31. The Hall–Kier alpha value is -2.68. The van der Waals surface area contributed by atoms with Gasteiger partial charge in [0.05, 0.1) is 5.69 Å². The van der Waals surface area contributed by atoms with Gasteiger partial charge in [0.2, 0.25) is 0 Å². The average Bonchev–Trinajstić information content (AvgIpc) is 2.57. The fraction of sp³-hybridized carbons (Fsp3) is 0.105. The number of aromatic nitrogens is 1. The highest BCUT2D eigenvalue weighted by atomic mass is 19.1. The number of halogens is 1. The molecule has 0 saturated heterocycles. The molecule has 2 N–H and O–H groups in total. The van der Waals surface area contributed by atoms with Crippen molar-refractivity contribution >= 4 is 5.82 Å². The van der Waals surface area contributed by atoms with Gasteiger partial charge in [-0.15, -0.1) is 0 Å². The minimum Gasteiger partial charge on any atom is -0.384 e. The van der Waals surface area contributed by atoms with Crippen molar-refractivity contribution in [1.82, 2.24) is 4.98 Å². The second kappa shape index (κ2) is 6.39. The van der Waals surface area contributed by atoms with Crippen LogP contribution in [-0.2, 0) is 12.8 Å². The van der Waals surface area contributed by atoms with Crippen molar-refractivity contribution in [3.63, 3.8) is 0 Å². The lowest BCUT2D eigenvalue weighted by atomic mass is 10.0. The van der Waals surface area contributed by atoms with Crippen LogP contribution in [0.15, 0.2) is 66.7 Å². The summed E-state index contributed by atoms with van der Waals surface area (Å²) in [5, 5.41) is 0. The summed E-state index contributed by atoms with van der Waals surface area (Å²) < 4.78 is 13.7. The molecule has 3 aromatic rings. The molecule has 1 aromatic heterocycles. The van der Waals surface area contributed by atoms with Crippen LogP contribution in [0.5, 0.6) is 0 Å². The monoisotopic (exact) mass is 292 g/mol. The molecule has 0 unspecified atom stereocenters. The molecular weight excluding hydrogens is 275 g/mol. The van der Waals surface area contributed by atoms with Gasteiger partial charge in [-0.2, -0.15) is 0 Å². The van der Waals surface area contributed by atoms with E-state index in [1.54, 1.807) is 0 Å². The van der Waals surface area contributed by atoms with Crippen molar-refractivity contribution < 1.29 is 4.39 Å². The Bertz CT molecular complexity index is 769. The molecule has 3 rings (SSSR count). The standard InChI is InChI=1S/C19H17FN2/c20-17-10-12-19(21)22-18(17)11-9-14-5-4-8-16(13-14)15-6-2-1-3-7-15/h1-8,10,12-13H,9,11H2,(H2,21,22). The highest BCUT2D eigenvalue weighted by Crippen LogP contribution is 2.21. The van der Waals surface area contributed by atoms with Gasteiger partial charge in [-0.25, -0.2) is 9.37 Å². The van der Waals surface area contributed by atoms with Crippen LogP contribution >= 0.6 is 0 Å². The maximum atomic E-state index is 13.7. The first-order valence-electron chi connectivity index (χ1n) is 7.27. The Morgan fingerprint density at radius 2 is 1.59 bits per heavy atom. The molecule has 110 valence electrons. The summed E-state index contributed by atoms with van der Waals surface area (Å²) in [5.41, 5.74) is 9.54. The first-order chi connectivity index (χ1) is 10.7. The van der Waals surface area contributed by atoms with Gasteiger partial charge in [0.25, 0.3) is 0 Å². The molecule has 0 spiro atoms. The van der Waals surface area contributed by atoms with Crippen LogP contribution in [-0.4, -0.2) is 4.98 Å². The summed E-state index contributed by atoms with van der Waals surface area (Å²) in [6, 6.07) is 21.4. The van der Waals surface area contributed by atoms with Crippen LogP contribution < -0.4 is 5.73 Å². The Morgan fingerprint density at radius 1 is 0.818 bits per heavy atom. The minimum atomic E-state index is -0.298. The van der Waals surface area contributed by atoms with Gasteiger partial charge in [0.1, 0.15) is 11.6 Å². The summed E-state index contributed by atoms with van der Waals surface area (Å²) in [5.74, 6) is 0.0582. The molecule has 22 heavy (non-hydrogen) atoms. The number of nitrogens with two attached hydrogens (primary N) is 1. The summed E-state index contributed by atoms with van der Waals surface area (Å²) in [4.78, 5) is 4.07. The molecule has 0 aliphatic rings. The second-order valence-corrected chi connectivity index (χ2v) is 5.23. The number of pyridine rings is 1. The van der Waals surface area contributed by atoms with Gasteiger partial charge >= 0.3 is 0 Å². The van der Waals surface area contributed by atoms with E-state index >= 15 is 0 Å². The first-order valence-corrected chi connectivity index (χ1v) is 7.27. The molecule has 1 heterocycles. The SMILES string of the molecule is Nc1ccc(F)c(CCc2cccc(-c3ccccc3)c2)n1. The second-order valence-electron chi connectivity index (χ2n) is 5.23. The largest absolute Gasteiger partial charge is 0.384 e. The van der Waals surface area contributed by atoms with Crippen molar-refractivity contribution in [2.24, 2.45) is 0 Å². The zero-order valence-corrected chi connectivity index (χ0v) is 12.2. The fourth-order valence-corrected chi connectivity index (χ4v) is 2.48. The molecule has 2 nitrogen and oxygen atoms in total. The van der Waals surface area contributed by atoms with E-state index in [0.717, 1.165) is 12.0 Å². The molecule has 0 amide bonds. The van der Waals surface area contributed by atoms with Crippen molar-refractivity contribution in [1.29, 1.82) is 0 Å². The van der Waals surface area contributed by atoms with E-state index in [1.807, 2.05) is 24.3 Å². The summed E-state index contributed by atoms with van der Waals surface area (Å²) in [7, 11) is 0. The van der Waals surface area contributed by atoms with E-state index in [4.69, 9.17) is 5.73 Å². The Kier molecular flexibility index (Phi) is 4.15. The maximum Gasteiger partial charge on any atom is 0.144 e. The summed E-state index contributed by atoms with van der Waals surface area (Å²) in [6.07, 6.45) is 1.27. The van der Waals surface area contributed by atoms with Gasteiger partial charge in [-0.05, 0) is 41.7 Å². The molecule has 3 heteroatoms. The van der Waals surface area contributed by atoms with Crippen LogP contribution in [0.3, 0.4) is 0 Å². The minimum absolute atomic E-state index is 0.298. The molecule has 0 radical (unpaired) electrons. The van der Waals surface area contributed by atoms with Crippen LogP contribution in [0.1, 0.15) is 11.3 Å². The number of aryl methyl sites for hydroxylation is 2. The van der Waals surface area contributed by atoms with E-state index < -0.39 is 0 Å². The normalized spacial score (nSPS) is 10.6. The smallest absolute Gasteiger partial charge is 0.144 e. The molecule has 0 bridgehead atoms. The summed E-state index contributed by atoms with van der Waals surface area (Å²) >= 11 is 0. The van der Waals surface area contributed by atoms with E-state index in [2.05, 4.69) is 35.3 Å². The van der Waals surface area contributed by atoms with Gasteiger partial charge in [-0.1, -0.05) is 54.6 Å². The van der Waals surface area contributed by atoms with Crippen molar-refractivity contribution in [2.75, 3.05) is 5.73 Å². The lowest BCUT2D eigenvalue weighted by Crippen LogP contribution is -2.01. The molecule has 0 aliphatic heterocycles. The van der Waals surface area contributed by atoms with Gasteiger partial charge < -0.3 is 5.73 Å². The number of nitrogen functional groups attached to an aromatic ring is 1. The molecule has 0 aliphatic carbocycles.